The predicted octanol–water partition coefficient (Wildman–Crippen LogP) is 3.33. The van der Waals surface area contributed by atoms with Gasteiger partial charge >= 0.3 is 0 Å². The van der Waals surface area contributed by atoms with E-state index in [-0.39, 0.29) is 18.1 Å². The summed E-state index contributed by atoms with van der Waals surface area (Å²) in [6.45, 7) is 0. The largest absolute Gasteiger partial charge is 0.371 e. The molecule has 0 radical (unpaired) electrons. The maximum absolute atomic E-state index is 11.7. The van der Waals surface area contributed by atoms with Crippen LogP contribution in [0.15, 0.2) is 60.7 Å². The molecule has 2 nitrogen and oxygen atoms in total. The van der Waals surface area contributed by atoms with Gasteiger partial charge < -0.3 is 5.11 Å². The third-order valence-corrected chi connectivity index (χ3v) is 3.32. The van der Waals surface area contributed by atoms with Crippen LogP contribution in [0.4, 0.5) is 0 Å². The fourth-order valence-corrected chi connectivity index (χ4v) is 2.19. The van der Waals surface area contributed by atoms with Gasteiger partial charge in [-0.3, -0.25) is 4.79 Å². The molecular formula is C16H15ClO2. The molecule has 3 heteroatoms. The lowest BCUT2D eigenvalue weighted by molar-refractivity contribution is -0.123. The van der Waals surface area contributed by atoms with Gasteiger partial charge in [-0.2, -0.15) is 0 Å². The van der Waals surface area contributed by atoms with Crippen molar-refractivity contribution in [2.75, 3.05) is 0 Å². The van der Waals surface area contributed by atoms with E-state index in [1.54, 1.807) is 0 Å². The number of aliphatic hydroxyl groups is 1. The second-order valence-electron chi connectivity index (χ2n) is 4.38. The first kappa shape index (κ1) is 13.8. The van der Waals surface area contributed by atoms with Crippen LogP contribution in [-0.2, 0) is 4.79 Å². The number of hydrogen-bond acceptors (Lipinski definition) is 2. The highest BCUT2D eigenvalue weighted by atomic mass is 35.5. The topological polar surface area (TPSA) is 37.3 Å². The number of benzene rings is 2. The number of hydrogen-bond donors (Lipinski definition) is 1. The van der Waals surface area contributed by atoms with Crippen molar-refractivity contribution in [2.45, 2.75) is 17.9 Å². The summed E-state index contributed by atoms with van der Waals surface area (Å²) >= 11 is 5.45. The SMILES string of the molecule is O=C(CC(c1ccccc1)c1ccccc1)C(O)Cl. The van der Waals surface area contributed by atoms with Crippen LogP contribution in [0.2, 0.25) is 0 Å². The number of aliphatic hydroxyl groups excluding tert-OH is 1. The molecule has 0 fully saturated rings. The number of ketones is 1. The van der Waals surface area contributed by atoms with Crippen molar-refractivity contribution in [2.24, 2.45) is 0 Å². The van der Waals surface area contributed by atoms with E-state index in [4.69, 9.17) is 11.6 Å². The summed E-state index contributed by atoms with van der Waals surface area (Å²) in [5.41, 5.74) is 0.647. The number of alkyl halides is 1. The van der Waals surface area contributed by atoms with Crippen molar-refractivity contribution in [3.63, 3.8) is 0 Å². The number of halogens is 1. The Bertz CT molecular complexity index is 483. The molecule has 0 heterocycles. The Labute approximate surface area is 117 Å². The Morgan fingerprint density at radius 3 is 1.74 bits per heavy atom. The first-order valence-corrected chi connectivity index (χ1v) is 6.57. The van der Waals surface area contributed by atoms with E-state index in [1.165, 1.54) is 0 Å². The molecule has 0 saturated carbocycles. The Morgan fingerprint density at radius 1 is 0.947 bits per heavy atom. The van der Waals surface area contributed by atoms with E-state index in [0.29, 0.717) is 0 Å². The molecule has 0 aliphatic rings. The minimum Gasteiger partial charge on any atom is -0.371 e. The van der Waals surface area contributed by atoms with Crippen molar-refractivity contribution >= 4 is 17.4 Å². The van der Waals surface area contributed by atoms with E-state index in [2.05, 4.69) is 0 Å². The summed E-state index contributed by atoms with van der Waals surface area (Å²) in [5.74, 6) is -0.442. The van der Waals surface area contributed by atoms with Crippen LogP contribution in [0.25, 0.3) is 0 Å². The van der Waals surface area contributed by atoms with Gasteiger partial charge in [0.2, 0.25) is 0 Å². The summed E-state index contributed by atoms with van der Waals surface area (Å²) in [6, 6.07) is 19.5. The van der Waals surface area contributed by atoms with Crippen LogP contribution in [-0.4, -0.2) is 16.5 Å². The van der Waals surface area contributed by atoms with Crippen molar-refractivity contribution in [1.82, 2.24) is 0 Å². The van der Waals surface area contributed by atoms with Crippen LogP contribution in [0, 0.1) is 0 Å². The molecule has 1 unspecified atom stereocenters. The lowest BCUT2D eigenvalue weighted by Crippen LogP contribution is -2.17. The van der Waals surface area contributed by atoms with Crippen molar-refractivity contribution in [3.05, 3.63) is 71.8 Å². The molecule has 0 saturated heterocycles. The highest BCUT2D eigenvalue weighted by Crippen LogP contribution is 2.28. The molecule has 0 bridgehead atoms. The number of carbonyl (C=O) groups excluding carboxylic acids is 1. The fraction of sp³-hybridized carbons (Fsp3) is 0.188. The second-order valence-corrected chi connectivity index (χ2v) is 4.79. The zero-order chi connectivity index (χ0) is 13.7. The summed E-state index contributed by atoms with van der Waals surface area (Å²) in [7, 11) is 0. The first-order valence-electron chi connectivity index (χ1n) is 6.13. The summed E-state index contributed by atoms with van der Waals surface area (Å²) in [4.78, 5) is 11.7. The van der Waals surface area contributed by atoms with Crippen molar-refractivity contribution in [1.29, 1.82) is 0 Å². The Morgan fingerprint density at radius 2 is 1.37 bits per heavy atom. The van der Waals surface area contributed by atoms with Crippen molar-refractivity contribution in [3.8, 4) is 0 Å². The predicted molar refractivity (Wildman–Crippen MR) is 76.2 cm³/mol. The Kier molecular flexibility index (Phi) is 4.72. The van der Waals surface area contributed by atoms with Gasteiger partial charge in [0.05, 0.1) is 0 Å². The summed E-state index contributed by atoms with van der Waals surface area (Å²) in [5, 5.41) is 9.18. The molecular weight excluding hydrogens is 260 g/mol. The zero-order valence-electron chi connectivity index (χ0n) is 10.4. The summed E-state index contributed by atoms with van der Waals surface area (Å²) < 4.78 is 0. The van der Waals surface area contributed by atoms with E-state index in [0.717, 1.165) is 11.1 Å². The Balaban J connectivity index is 2.32. The van der Waals surface area contributed by atoms with Crippen LogP contribution in [0.1, 0.15) is 23.5 Å². The van der Waals surface area contributed by atoms with Gasteiger partial charge in [-0.05, 0) is 11.1 Å². The van der Waals surface area contributed by atoms with Gasteiger partial charge in [0.15, 0.2) is 11.3 Å². The molecule has 0 amide bonds. The van der Waals surface area contributed by atoms with Gasteiger partial charge in [-0.25, -0.2) is 0 Å². The molecule has 0 aromatic heterocycles. The first-order chi connectivity index (χ1) is 9.18. The van der Waals surface area contributed by atoms with E-state index in [1.807, 2.05) is 60.7 Å². The lowest BCUT2D eigenvalue weighted by Gasteiger charge is -2.17. The minimum atomic E-state index is -1.44. The van der Waals surface area contributed by atoms with Crippen LogP contribution >= 0.6 is 11.6 Å². The van der Waals surface area contributed by atoms with Gasteiger partial charge in [-0.15, -0.1) is 0 Å². The highest BCUT2D eigenvalue weighted by molar-refractivity contribution is 6.29. The van der Waals surface area contributed by atoms with E-state index in [9.17, 15) is 9.90 Å². The van der Waals surface area contributed by atoms with Gasteiger partial charge in [0.1, 0.15) is 0 Å². The second kappa shape index (κ2) is 6.50. The maximum Gasteiger partial charge on any atom is 0.186 e. The van der Waals surface area contributed by atoms with Gasteiger partial charge in [-0.1, -0.05) is 72.3 Å². The minimum absolute atomic E-state index is 0.0803. The third kappa shape index (κ3) is 3.66. The highest BCUT2D eigenvalue weighted by Gasteiger charge is 2.21. The number of Topliss-reactive ketones (excluding diaryl/α,β-unsaturated/α-hetero) is 1. The average molecular weight is 275 g/mol. The Hall–Kier alpha value is -1.64. The van der Waals surface area contributed by atoms with Crippen LogP contribution in [0.5, 0.6) is 0 Å². The molecule has 1 N–H and O–H groups in total. The van der Waals surface area contributed by atoms with E-state index < -0.39 is 5.56 Å². The molecule has 0 aliphatic carbocycles. The number of rotatable bonds is 5. The molecule has 0 spiro atoms. The smallest absolute Gasteiger partial charge is 0.186 e. The molecule has 19 heavy (non-hydrogen) atoms. The monoisotopic (exact) mass is 274 g/mol. The third-order valence-electron chi connectivity index (χ3n) is 3.07. The molecule has 98 valence electrons. The van der Waals surface area contributed by atoms with Crippen LogP contribution < -0.4 is 0 Å². The van der Waals surface area contributed by atoms with E-state index >= 15 is 0 Å². The maximum atomic E-state index is 11.7. The van der Waals surface area contributed by atoms with Crippen molar-refractivity contribution < 1.29 is 9.90 Å². The molecule has 2 aromatic carbocycles. The quantitative estimate of drug-likeness (QED) is 0.849. The molecule has 1 atom stereocenters. The molecule has 2 rings (SSSR count). The molecule has 0 aliphatic heterocycles. The number of carbonyl (C=O) groups is 1. The lowest BCUT2D eigenvalue weighted by atomic mass is 9.87. The van der Waals surface area contributed by atoms with Crippen LogP contribution in [0.3, 0.4) is 0 Å². The summed E-state index contributed by atoms with van der Waals surface area (Å²) in [6.07, 6.45) is 0.193. The standard InChI is InChI=1S/C16H15ClO2/c17-16(19)15(18)11-14(12-7-3-1-4-8-12)13-9-5-2-6-10-13/h1-10,14,16,19H,11H2. The molecule has 2 aromatic rings. The average Bonchev–Trinajstić information content (AvgIpc) is 2.46. The fourth-order valence-electron chi connectivity index (χ4n) is 2.10. The normalized spacial score (nSPS) is 12.4. The van der Waals surface area contributed by atoms with Gasteiger partial charge in [0, 0.05) is 12.3 Å². The zero-order valence-corrected chi connectivity index (χ0v) is 11.1. The van der Waals surface area contributed by atoms with Gasteiger partial charge in [0.25, 0.3) is 0 Å².